The van der Waals surface area contributed by atoms with E-state index in [1.165, 1.54) is 148 Å². The van der Waals surface area contributed by atoms with Crippen molar-refractivity contribution in [3.8, 4) is 0 Å². The Morgan fingerprint density at radius 1 is 0.345 bits per heavy atom. The lowest BCUT2D eigenvalue weighted by Crippen LogP contribution is -1.95. The molecule has 0 bridgehead atoms. The summed E-state index contributed by atoms with van der Waals surface area (Å²) in [6.07, 6.45) is 33.7. The van der Waals surface area contributed by atoms with Crippen LogP contribution in [0.25, 0.3) is 0 Å². The first-order chi connectivity index (χ1) is 14.2. The van der Waals surface area contributed by atoms with Gasteiger partial charge in [-0.25, -0.2) is 0 Å². The molecule has 0 aliphatic carbocycles. The molecule has 0 amide bonds. The van der Waals surface area contributed by atoms with Gasteiger partial charge in [0.2, 0.25) is 0 Å². The molecule has 2 unspecified atom stereocenters. The van der Waals surface area contributed by atoms with Crippen molar-refractivity contribution < 1.29 is 0 Å². The van der Waals surface area contributed by atoms with Gasteiger partial charge in [-0.15, -0.1) is 0 Å². The third-order valence-corrected chi connectivity index (χ3v) is 7.14. The summed E-state index contributed by atoms with van der Waals surface area (Å²) in [7, 11) is 0. The molecule has 176 valence electrons. The third kappa shape index (κ3) is 24.1. The SMILES string of the molecule is CCCCCCCCCCCCCCC(C)CCCCCCCCCC(C)CC. The normalized spacial score (nSPS) is 13.7. The highest BCUT2D eigenvalue weighted by molar-refractivity contribution is 4.57. The van der Waals surface area contributed by atoms with Crippen molar-refractivity contribution in [1.82, 2.24) is 0 Å². The van der Waals surface area contributed by atoms with Gasteiger partial charge in [0.05, 0.1) is 0 Å². The molecule has 0 aromatic rings. The molecule has 0 spiro atoms. The largest absolute Gasteiger partial charge is 0.0654 e. The Bertz CT molecular complexity index is 282. The van der Waals surface area contributed by atoms with Gasteiger partial charge in [0.1, 0.15) is 0 Å². The van der Waals surface area contributed by atoms with E-state index in [0.29, 0.717) is 0 Å². The van der Waals surface area contributed by atoms with Crippen molar-refractivity contribution in [3.63, 3.8) is 0 Å². The van der Waals surface area contributed by atoms with Crippen LogP contribution in [0.3, 0.4) is 0 Å². The monoisotopic (exact) mass is 408 g/mol. The fourth-order valence-corrected chi connectivity index (χ4v) is 4.55. The van der Waals surface area contributed by atoms with E-state index < -0.39 is 0 Å². The fourth-order valence-electron chi connectivity index (χ4n) is 4.55. The minimum absolute atomic E-state index is 0.946. The maximum atomic E-state index is 2.49. The maximum Gasteiger partial charge on any atom is -0.0443 e. The van der Waals surface area contributed by atoms with Crippen LogP contribution in [0.2, 0.25) is 0 Å². The molecule has 0 saturated heterocycles. The van der Waals surface area contributed by atoms with Crippen molar-refractivity contribution in [2.45, 2.75) is 175 Å². The zero-order valence-electron chi connectivity index (χ0n) is 21.4. The molecular formula is C29H60. The van der Waals surface area contributed by atoms with E-state index in [-0.39, 0.29) is 0 Å². The van der Waals surface area contributed by atoms with E-state index in [9.17, 15) is 0 Å². The fraction of sp³-hybridized carbons (Fsp3) is 1.00. The lowest BCUT2D eigenvalue weighted by atomic mass is 9.95. The molecule has 0 aromatic heterocycles. The summed E-state index contributed by atoms with van der Waals surface area (Å²) in [5.41, 5.74) is 0. The first kappa shape index (κ1) is 29.0. The molecule has 2 atom stereocenters. The molecule has 0 aliphatic heterocycles. The second-order valence-electron chi connectivity index (χ2n) is 10.3. The summed E-state index contributed by atoms with van der Waals surface area (Å²) >= 11 is 0. The summed E-state index contributed by atoms with van der Waals surface area (Å²) in [6, 6.07) is 0. The molecule has 0 aromatic carbocycles. The molecule has 0 heterocycles. The highest BCUT2D eigenvalue weighted by Crippen LogP contribution is 2.19. The highest BCUT2D eigenvalue weighted by Gasteiger charge is 2.03. The quantitative estimate of drug-likeness (QED) is 0.139. The Hall–Kier alpha value is 0. The number of rotatable bonds is 24. The van der Waals surface area contributed by atoms with Crippen LogP contribution in [-0.2, 0) is 0 Å². The Labute approximate surface area is 187 Å². The van der Waals surface area contributed by atoms with Crippen LogP contribution in [-0.4, -0.2) is 0 Å². The van der Waals surface area contributed by atoms with Gasteiger partial charge in [-0.2, -0.15) is 0 Å². The predicted molar refractivity (Wildman–Crippen MR) is 136 cm³/mol. The first-order valence-corrected chi connectivity index (χ1v) is 14.2. The Balaban J connectivity index is 3.16. The summed E-state index contributed by atoms with van der Waals surface area (Å²) < 4.78 is 0. The van der Waals surface area contributed by atoms with Crippen molar-refractivity contribution >= 4 is 0 Å². The van der Waals surface area contributed by atoms with Crippen molar-refractivity contribution in [2.24, 2.45) is 11.8 Å². The minimum Gasteiger partial charge on any atom is -0.0654 e. The molecule has 29 heavy (non-hydrogen) atoms. The van der Waals surface area contributed by atoms with Gasteiger partial charge in [-0.3, -0.25) is 0 Å². The summed E-state index contributed by atoms with van der Waals surface area (Å²) in [6.45, 7) is 9.52. The predicted octanol–water partition coefficient (Wildman–Crippen LogP) is 11.3. The Morgan fingerprint density at radius 3 is 0.931 bits per heavy atom. The van der Waals surface area contributed by atoms with Crippen LogP contribution in [0.15, 0.2) is 0 Å². The number of hydrogen-bond acceptors (Lipinski definition) is 0. The second-order valence-corrected chi connectivity index (χ2v) is 10.3. The number of unbranched alkanes of at least 4 members (excludes halogenated alkanes) is 17. The second kappa shape index (κ2) is 24.3. The van der Waals surface area contributed by atoms with Crippen LogP contribution < -0.4 is 0 Å². The zero-order valence-corrected chi connectivity index (χ0v) is 21.4. The molecule has 0 nitrogen and oxygen atoms in total. The van der Waals surface area contributed by atoms with Crippen molar-refractivity contribution in [2.75, 3.05) is 0 Å². The minimum atomic E-state index is 0.946. The summed E-state index contributed by atoms with van der Waals surface area (Å²) in [5, 5.41) is 0. The van der Waals surface area contributed by atoms with E-state index in [1.54, 1.807) is 0 Å². The van der Waals surface area contributed by atoms with Gasteiger partial charge in [-0.05, 0) is 11.8 Å². The maximum absolute atomic E-state index is 2.49. The van der Waals surface area contributed by atoms with E-state index in [1.807, 2.05) is 0 Å². The molecule has 0 aliphatic rings. The molecule has 0 fully saturated rings. The van der Waals surface area contributed by atoms with Gasteiger partial charge >= 0.3 is 0 Å². The standard InChI is InChI=1S/C29H60/c1-5-7-8-9-10-11-12-13-14-16-20-23-26-29(4)27-24-21-18-15-17-19-22-25-28(3)6-2/h28-29H,5-27H2,1-4H3. The van der Waals surface area contributed by atoms with Gasteiger partial charge in [0.25, 0.3) is 0 Å². The zero-order chi connectivity index (χ0) is 21.4. The summed E-state index contributed by atoms with van der Waals surface area (Å²) in [5.74, 6) is 1.91. The van der Waals surface area contributed by atoms with Gasteiger partial charge < -0.3 is 0 Å². The van der Waals surface area contributed by atoms with E-state index in [2.05, 4.69) is 27.7 Å². The van der Waals surface area contributed by atoms with Gasteiger partial charge in [0.15, 0.2) is 0 Å². The average Bonchev–Trinajstić information content (AvgIpc) is 2.73. The molecule has 0 N–H and O–H groups in total. The smallest absolute Gasteiger partial charge is 0.0443 e. The topological polar surface area (TPSA) is 0 Å². The van der Waals surface area contributed by atoms with E-state index in [0.717, 1.165) is 11.8 Å². The van der Waals surface area contributed by atoms with Crippen LogP contribution in [0.4, 0.5) is 0 Å². The van der Waals surface area contributed by atoms with Crippen LogP contribution >= 0.6 is 0 Å². The Morgan fingerprint density at radius 2 is 0.621 bits per heavy atom. The van der Waals surface area contributed by atoms with Crippen LogP contribution in [0.5, 0.6) is 0 Å². The third-order valence-electron chi connectivity index (χ3n) is 7.14. The van der Waals surface area contributed by atoms with Crippen LogP contribution in [0, 0.1) is 11.8 Å². The lowest BCUT2D eigenvalue weighted by Gasteiger charge is -2.11. The lowest BCUT2D eigenvalue weighted by molar-refractivity contribution is 0.428. The Kier molecular flexibility index (Phi) is 24.3. The first-order valence-electron chi connectivity index (χ1n) is 14.2. The average molecular weight is 409 g/mol. The molecule has 0 saturated carbocycles. The van der Waals surface area contributed by atoms with Crippen LogP contribution in [0.1, 0.15) is 175 Å². The summed E-state index contributed by atoms with van der Waals surface area (Å²) in [4.78, 5) is 0. The molecular weight excluding hydrogens is 348 g/mol. The number of hydrogen-bond donors (Lipinski definition) is 0. The molecule has 0 rings (SSSR count). The van der Waals surface area contributed by atoms with Crippen molar-refractivity contribution in [3.05, 3.63) is 0 Å². The molecule has 0 heteroatoms. The van der Waals surface area contributed by atoms with Gasteiger partial charge in [0, 0.05) is 0 Å². The highest BCUT2D eigenvalue weighted by atomic mass is 14.1. The van der Waals surface area contributed by atoms with E-state index in [4.69, 9.17) is 0 Å². The molecule has 0 radical (unpaired) electrons. The van der Waals surface area contributed by atoms with Crippen molar-refractivity contribution in [1.29, 1.82) is 0 Å². The van der Waals surface area contributed by atoms with Gasteiger partial charge in [-0.1, -0.05) is 175 Å². The van der Waals surface area contributed by atoms with E-state index >= 15 is 0 Å².